The van der Waals surface area contributed by atoms with E-state index in [0.717, 1.165) is 0 Å². The number of hydrogen-bond donors (Lipinski definition) is 2. The van der Waals surface area contributed by atoms with E-state index < -0.39 is 15.9 Å². The van der Waals surface area contributed by atoms with Gasteiger partial charge in [0.25, 0.3) is 0 Å². The summed E-state index contributed by atoms with van der Waals surface area (Å²) in [6.07, 6.45) is 0.130. The fourth-order valence-corrected chi connectivity index (χ4v) is 3.69. The average Bonchev–Trinajstić information content (AvgIpc) is 2.38. The van der Waals surface area contributed by atoms with Gasteiger partial charge in [0.05, 0.1) is 11.5 Å². The molecule has 0 atom stereocenters. The van der Waals surface area contributed by atoms with E-state index in [0.29, 0.717) is 25.9 Å². The molecule has 0 radical (unpaired) electrons. The molecular weight excluding hydrogens is 286 g/mol. The Hall–Kier alpha value is -1.51. The van der Waals surface area contributed by atoms with Crippen molar-refractivity contribution in [3.63, 3.8) is 0 Å². The van der Waals surface area contributed by atoms with Crippen LogP contribution in [0.3, 0.4) is 0 Å². The third-order valence-electron chi connectivity index (χ3n) is 3.71. The zero-order chi connectivity index (χ0) is 14.8. The number of urea groups is 1. The Morgan fingerprint density at radius 3 is 2.00 bits per heavy atom. The van der Waals surface area contributed by atoms with Gasteiger partial charge in [-0.1, -0.05) is 0 Å². The predicted molar refractivity (Wildman–Crippen MR) is 71.4 cm³/mol. The van der Waals surface area contributed by atoms with Gasteiger partial charge in [0.1, 0.15) is 0 Å². The third-order valence-corrected chi connectivity index (χ3v) is 5.32. The van der Waals surface area contributed by atoms with Gasteiger partial charge in [-0.15, -0.1) is 0 Å². The Morgan fingerprint density at radius 1 is 1.00 bits per heavy atom. The van der Waals surface area contributed by atoms with Crippen LogP contribution in [0.15, 0.2) is 0 Å². The first kappa shape index (κ1) is 14.9. The Labute approximate surface area is 117 Å². The molecule has 0 aromatic rings. The van der Waals surface area contributed by atoms with Crippen LogP contribution in [0.4, 0.5) is 9.59 Å². The van der Waals surface area contributed by atoms with Gasteiger partial charge >= 0.3 is 12.1 Å². The summed E-state index contributed by atoms with van der Waals surface area (Å²) < 4.78 is 22.7. The van der Waals surface area contributed by atoms with Crippen LogP contribution in [0.1, 0.15) is 12.8 Å². The van der Waals surface area contributed by atoms with Gasteiger partial charge in [-0.3, -0.25) is 0 Å². The van der Waals surface area contributed by atoms with E-state index in [1.807, 2.05) is 0 Å². The number of sulfone groups is 1. The summed E-state index contributed by atoms with van der Waals surface area (Å²) in [5.41, 5.74) is 0. The van der Waals surface area contributed by atoms with Crippen LogP contribution in [0.25, 0.3) is 0 Å². The lowest BCUT2D eigenvalue weighted by Crippen LogP contribution is -2.53. The Balaban J connectivity index is 1.82. The second-order valence-electron chi connectivity index (χ2n) is 5.13. The Bertz CT molecular complexity index is 470. The third kappa shape index (κ3) is 3.75. The predicted octanol–water partition coefficient (Wildman–Crippen LogP) is -0.431. The number of nitrogens with zero attached hydrogens (tertiary/aromatic N) is 2. The molecule has 2 fully saturated rings. The van der Waals surface area contributed by atoms with Gasteiger partial charge in [-0.25, -0.2) is 18.0 Å². The summed E-state index contributed by atoms with van der Waals surface area (Å²) in [5.74, 6) is 0.0472. The van der Waals surface area contributed by atoms with Crippen molar-refractivity contribution in [1.29, 1.82) is 0 Å². The fourth-order valence-electron chi connectivity index (χ4n) is 2.49. The molecule has 2 aliphatic heterocycles. The van der Waals surface area contributed by atoms with Crippen LogP contribution in [0.2, 0.25) is 0 Å². The lowest BCUT2D eigenvalue weighted by molar-refractivity contribution is 0.137. The van der Waals surface area contributed by atoms with Gasteiger partial charge in [-0.05, 0) is 12.8 Å². The first-order chi connectivity index (χ1) is 9.37. The van der Waals surface area contributed by atoms with Crippen LogP contribution >= 0.6 is 0 Å². The maximum atomic E-state index is 12.2. The van der Waals surface area contributed by atoms with Crippen molar-refractivity contribution in [3.8, 4) is 0 Å². The largest absolute Gasteiger partial charge is 0.465 e. The highest BCUT2D eigenvalue weighted by molar-refractivity contribution is 7.91. The fraction of sp³-hybridized carbons (Fsp3) is 0.818. The Kier molecular flexibility index (Phi) is 4.36. The van der Waals surface area contributed by atoms with E-state index in [1.165, 1.54) is 0 Å². The number of carboxylic acid groups (broad SMARTS) is 1. The highest BCUT2D eigenvalue weighted by Gasteiger charge is 2.30. The molecule has 0 aromatic carbocycles. The van der Waals surface area contributed by atoms with Crippen molar-refractivity contribution in [2.24, 2.45) is 0 Å². The van der Waals surface area contributed by atoms with Crippen LogP contribution in [0, 0.1) is 0 Å². The second-order valence-corrected chi connectivity index (χ2v) is 7.44. The maximum absolute atomic E-state index is 12.2. The van der Waals surface area contributed by atoms with E-state index in [-0.39, 0.29) is 36.7 Å². The normalized spacial score (nSPS) is 23.4. The zero-order valence-corrected chi connectivity index (χ0v) is 11.9. The molecule has 114 valence electrons. The zero-order valence-electron chi connectivity index (χ0n) is 11.1. The molecule has 3 amide bonds. The van der Waals surface area contributed by atoms with Gasteiger partial charge in [-0.2, -0.15) is 0 Å². The molecule has 0 bridgehead atoms. The molecule has 0 saturated carbocycles. The monoisotopic (exact) mass is 305 g/mol. The van der Waals surface area contributed by atoms with E-state index in [9.17, 15) is 18.0 Å². The number of nitrogens with one attached hydrogen (secondary N) is 1. The molecule has 0 aliphatic carbocycles. The molecule has 2 heterocycles. The highest BCUT2D eigenvalue weighted by Crippen LogP contribution is 2.14. The molecule has 0 spiro atoms. The highest BCUT2D eigenvalue weighted by atomic mass is 32.2. The van der Waals surface area contributed by atoms with Crippen molar-refractivity contribution in [1.82, 2.24) is 15.1 Å². The molecule has 0 unspecified atom stereocenters. The minimum Gasteiger partial charge on any atom is -0.465 e. The number of likely N-dealkylation sites (tertiary alicyclic amines) is 1. The van der Waals surface area contributed by atoms with E-state index in [4.69, 9.17) is 5.11 Å². The van der Waals surface area contributed by atoms with Gasteiger partial charge in [0.15, 0.2) is 9.84 Å². The van der Waals surface area contributed by atoms with Gasteiger partial charge in [0, 0.05) is 32.2 Å². The molecule has 8 nitrogen and oxygen atoms in total. The SMILES string of the molecule is O=C(O)NC1CCN(C(=O)N2CCS(=O)(=O)CC2)CC1. The van der Waals surface area contributed by atoms with Crippen LogP contribution < -0.4 is 5.32 Å². The number of piperidine rings is 1. The average molecular weight is 305 g/mol. The summed E-state index contributed by atoms with van der Waals surface area (Å²) >= 11 is 0. The number of amides is 3. The van der Waals surface area contributed by atoms with Crippen molar-refractivity contribution in [2.75, 3.05) is 37.7 Å². The first-order valence-electron chi connectivity index (χ1n) is 6.61. The summed E-state index contributed by atoms with van der Waals surface area (Å²) in [6, 6.07) is -0.257. The molecule has 2 N–H and O–H groups in total. The molecular formula is C11H19N3O5S. The minimum atomic E-state index is -2.99. The van der Waals surface area contributed by atoms with E-state index >= 15 is 0 Å². The molecule has 9 heteroatoms. The number of carbonyl (C=O) groups is 2. The summed E-state index contributed by atoms with van der Waals surface area (Å²) in [6.45, 7) is 1.48. The van der Waals surface area contributed by atoms with Crippen LogP contribution in [-0.2, 0) is 9.84 Å². The number of hydrogen-bond acceptors (Lipinski definition) is 4. The lowest BCUT2D eigenvalue weighted by atomic mass is 10.1. The van der Waals surface area contributed by atoms with Crippen LogP contribution in [-0.4, -0.2) is 79.2 Å². The second kappa shape index (κ2) is 5.86. The van der Waals surface area contributed by atoms with E-state index in [2.05, 4.69) is 5.32 Å². The minimum absolute atomic E-state index is 0.0236. The first-order valence-corrected chi connectivity index (χ1v) is 8.43. The smallest absolute Gasteiger partial charge is 0.404 e. The maximum Gasteiger partial charge on any atom is 0.404 e. The van der Waals surface area contributed by atoms with Crippen molar-refractivity contribution >= 4 is 22.0 Å². The van der Waals surface area contributed by atoms with Crippen molar-refractivity contribution < 1.29 is 23.1 Å². The number of carbonyl (C=O) groups excluding carboxylic acids is 1. The Morgan fingerprint density at radius 2 is 1.50 bits per heavy atom. The van der Waals surface area contributed by atoms with Crippen molar-refractivity contribution in [2.45, 2.75) is 18.9 Å². The summed E-state index contributed by atoms with van der Waals surface area (Å²) in [7, 11) is -2.99. The lowest BCUT2D eigenvalue weighted by Gasteiger charge is -2.36. The molecule has 0 aromatic heterocycles. The molecule has 20 heavy (non-hydrogen) atoms. The van der Waals surface area contributed by atoms with Crippen LogP contribution in [0.5, 0.6) is 0 Å². The summed E-state index contributed by atoms with van der Waals surface area (Å²) in [4.78, 5) is 26.0. The quantitative estimate of drug-likeness (QED) is 0.683. The topological polar surface area (TPSA) is 107 Å². The van der Waals surface area contributed by atoms with Crippen molar-refractivity contribution in [3.05, 3.63) is 0 Å². The molecule has 2 rings (SSSR count). The van der Waals surface area contributed by atoms with Gasteiger partial charge in [0.2, 0.25) is 0 Å². The molecule has 2 saturated heterocycles. The number of rotatable bonds is 1. The summed E-state index contributed by atoms with van der Waals surface area (Å²) in [5, 5.41) is 11.1. The van der Waals surface area contributed by atoms with E-state index in [1.54, 1.807) is 9.80 Å². The standard InChI is InChI=1S/C11H19N3O5S/c15-10(16)12-9-1-3-13(4-2-9)11(17)14-5-7-20(18,19)8-6-14/h9,12H,1-8H2,(H,15,16). The van der Waals surface area contributed by atoms with Gasteiger partial charge < -0.3 is 20.2 Å². The molecule has 2 aliphatic rings.